The van der Waals surface area contributed by atoms with Crippen LogP contribution in [0.2, 0.25) is 0 Å². The van der Waals surface area contributed by atoms with E-state index in [2.05, 4.69) is 49.8 Å². The minimum absolute atomic E-state index is 0.450. The van der Waals surface area contributed by atoms with Gasteiger partial charge in [0.1, 0.15) is 34.8 Å². The van der Waals surface area contributed by atoms with Crippen LogP contribution in [0.3, 0.4) is 0 Å². The summed E-state index contributed by atoms with van der Waals surface area (Å²) >= 11 is 0. The summed E-state index contributed by atoms with van der Waals surface area (Å²) in [5.41, 5.74) is 35.2. The molecule has 0 aliphatic rings. The maximum atomic E-state index is 5.77. The highest BCUT2D eigenvalue weighted by atomic mass is 14.9. The molecule has 0 aliphatic heterocycles. The van der Waals surface area contributed by atoms with E-state index in [9.17, 15) is 0 Å². The van der Waals surface area contributed by atoms with Gasteiger partial charge in [0, 0.05) is 64.5 Å². The van der Waals surface area contributed by atoms with Crippen LogP contribution in [0.4, 0.5) is 23.3 Å². The lowest BCUT2D eigenvalue weighted by molar-refractivity contribution is 1.14. The average molecular weight is 695 g/mol. The zero-order valence-corrected chi connectivity index (χ0v) is 30.6. The van der Waals surface area contributed by atoms with Crippen molar-refractivity contribution in [2.45, 2.75) is 55.4 Å². The molecule has 0 fully saturated rings. The van der Waals surface area contributed by atoms with Crippen molar-refractivity contribution >= 4 is 67.0 Å². The van der Waals surface area contributed by atoms with Crippen molar-refractivity contribution < 1.29 is 0 Å². The number of hydrogen-bond donors (Lipinski definition) is 4. The number of fused-ring (bicyclic) bond motifs is 4. The third-order valence-electron chi connectivity index (χ3n) is 8.86. The second-order valence-electron chi connectivity index (χ2n) is 12.2. The highest BCUT2D eigenvalue weighted by Crippen LogP contribution is 2.24. The minimum atomic E-state index is 0.450. The molecule has 8 aromatic rings. The maximum absolute atomic E-state index is 5.77. The molecule has 0 radical (unpaired) electrons. The van der Waals surface area contributed by atoms with Crippen LogP contribution in [0.25, 0.3) is 43.7 Å². The number of nitrogen functional groups attached to an aromatic ring is 4. The second kappa shape index (κ2) is 15.5. The average Bonchev–Trinajstić information content (AvgIpc) is 3.15. The van der Waals surface area contributed by atoms with Gasteiger partial charge in [-0.2, -0.15) is 0 Å². The fourth-order valence-corrected chi connectivity index (χ4v) is 5.43. The Hall–Kier alpha value is -6.70. The molecule has 8 rings (SSSR count). The number of aryl methyl sites for hydroxylation is 8. The molecular weight excluding hydrogens is 653 g/mol. The van der Waals surface area contributed by atoms with Crippen LogP contribution in [0.15, 0.2) is 61.6 Å². The lowest BCUT2D eigenvalue weighted by Crippen LogP contribution is -1.99. The van der Waals surface area contributed by atoms with E-state index in [-0.39, 0.29) is 0 Å². The van der Waals surface area contributed by atoms with Crippen molar-refractivity contribution in [3.8, 4) is 0 Å². The first-order chi connectivity index (χ1) is 24.8. The molecule has 14 nitrogen and oxygen atoms in total. The molecule has 0 atom stereocenters. The molecule has 0 unspecified atom stereocenters. The monoisotopic (exact) mass is 694 g/mol. The molecule has 52 heavy (non-hydrogen) atoms. The Morgan fingerprint density at radius 1 is 0.385 bits per heavy atom. The van der Waals surface area contributed by atoms with E-state index in [4.69, 9.17) is 22.9 Å². The standard InChI is InChI=1S/2C10H11N3.2C9H10N4/c1-6-7(2)13-10(11)8-4-3-5-12-9(6)8;1-6-7(2)13-10(11)9-8(6)4-3-5-12-9;1-5-6(2)13-9(10)7-3-11-4-12-8(5)7;1-5-6(2)13-9(10)8-7(5)11-3-4-12-8/h2*3-5H,1-2H3,(H2,11,13);2*3-4H,1-2H3,(H2,10,13). The van der Waals surface area contributed by atoms with Crippen LogP contribution in [-0.2, 0) is 0 Å². The third-order valence-corrected chi connectivity index (χ3v) is 8.86. The van der Waals surface area contributed by atoms with Gasteiger partial charge in [0.05, 0.1) is 21.9 Å². The molecular formula is C38H42N14. The molecule has 0 saturated heterocycles. The number of rotatable bonds is 0. The summed E-state index contributed by atoms with van der Waals surface area (Å²) in [6.07, 6.45) is 10.00. The molecule has 0 aromatic carbocycles. The van der Waals surface area contributed by atoms with Crippen molar-refractivity contribution in [3.05, 3.63) is 107 Å². The zero-order valence-electron chi connectivity index (χ0n) is 30.6. The van der Waals surface area contributed by atoms with Gasteiger partial charge in [-0.1, -0.05) is 6.07 Å². The molecule has 0 spiro atoms. The SMILES string of the molecule is Cc1nc(N)c2cccnc2c1C.Cc1nc(N)c2cncnc2c1C.Cc1nc(N)c2ncccc2c1C.Cc1nc(N)c2nccnc2c1C. The molecule has 0 amide bonds. The number of aromatic nitrogens is 10. The number of nitrogens with two attached hydrogens (primary N) is 4. The Morgan fingerprint density at radius 3 is 1.42 bits per heavy atom. The number of hydrogen-bond acceptors (Lipinski definition) is 14. The zero-order chi connectivity index (χ0) is 37.7. The lowest BCUT2D eigenvalue weighted by atomic mass is 10.1. The molecule has 0 bridgehead atoms. The van der Waals surface area contributed by atoms with Crippen molar-refractivity contribution in [3.63, 3.8) is 0 Å². The van der Waals surface area contributed by atoms with Crippen molar-refractivity contribution in [2.24, 2.45) is 0 Å². The van der Waals surface area contributed by atoms with Crippen LogP contribution < -0.4 is 22.9 Å². The summed E-state index contributed by atoms with van der Waals surface area (Å²) in [7, 11) is 0. The van der Waals surface area contributed by atoms with Crippen molar-refractivity contribution in [2.75, 3.05) is 22.9 Å². The summed E-state index contributed by atoms with van der Waals surface area (Å²) in [4.78, 5) is 41.7. The summed E-state index contributed by atoms with van der Waals surface area (Å²) in [6, 6.07) is 7.74. The van der Waals surface area contributed by atoms with Crippen LogP contribution in [0, 0.1) is 55.4 Å². The van der Waals surface area contributed by atoms with E-state index in [0.29, 0.717) is 28.8 Å². The Morgan fingerprint density at radius 2 is 0.808 bits per heavy atom. The molecule has 0 aliphatic carbocycles. The Labute approximate surface area is 301 Å². The first-order valence-electron chi connectivity index (χ1n) is 16.4. The van der Waals surface area contributed by atoms with Gasteiger partial charge < -0.3 is 22.9 Å². The van der Waals surface area contributed by atoms with E-state index in [1.807, 2.05) is 79.7 Å². The minimum Gasteiger partial charge on any atom is -0.383 e. The summed E-state index contributed by atoms with van der Waals surface area (Å²) < 4.78 is 0. The van der Waals surface area contributed by atoms with Gasteiger partial charge in [-0.05, 0) is 95.8 Å². The predicted molar refractivity (Wildman–Crippen MR) is 209 cm³/mol. The Bertz CT molecular complexity index is 2210. The van der Waals surface area contributed by atoms with Crippen LogP contribution in [0.5, 0.6) is 0 Å². The first-order valence-corrected chi connectivity index (χ1v) is 16.4. The van der Waals surface area contributed by atoms with Gasteiger partial charge in [-0.15, -0.1) is 0 Å². The quantitative estimate of drug-likeness (QED) is 0.140. The number of pyridine rings is 6. The predicted octanol–water partition coefficient (Wildman–Crippen LogP) is 6.11. The van der Waals surface area contributed by atoms with Gasteiger partial charge in [-0.25, -0.2) is 34.9 Å². The van der Waals surface area contributed by atoms with Gasteiger partial charge in [0.15, 0.2) is 5.82 Å². The number of nitrogens with zero attached hydrogens (tertiary/aromatic N) is 10. The summed E-state index contributed by atoms with van der Waals surface area (Å²) in [5.74, 6) is 2.02. The van der Waals surface area contributed by atoms with Crippen LogP contribution in [-0.4, -0.2) is 49.8 Å². The van der Waals surface area contributed by atoms with Crippen molar-refractivity contribution in [1.82, 2.24) is 49.8 Å². The van der Waals surface area contributed by atoms with Gasteiger partial charge in [0.25, 0.3) is 0 Å². The fourth-order valence-electron chi connectivity index (χ4n) is 5.43. The van der Waals surface area contributed by atoms with Gasteiger partial charge in [-0.3, -0.25) is 15.0 Å². The molecule has 0 saturated carbocycles. The first kappa shape index (κ1) is 36.6. The molecule has 264 valence electrons. The third kappa shape index (κ3) is 7.55. The topological polar surface area (TPSA) is 233 Å². The van der Waals surface area contributed by atoms with E-state index in [0.717, 1.165) is 83.3 Å². The van der Waals surface area contributed by atoms with E-state index < -0.39 is 0 Å². The normalized spacial score (nSPS) is 10.6. The largest absolute Gasteiger partial charge is 0.383 e. The highest BCUT2D eigenvalue weighted by molar-refractivity contribution is 5.92. The van der Waals surface area contributed by atoms with Gasteiger partial charge >= 0.3 is 0 Å². The van der Waals surface area contributed by atoms with E-state index in [1.165, 1.54) is 6.33 Å². The fraction of sp³-hybridized carbons (Fsp3) is 0.211. The van der Waals surface area contributed by atoms with Crippen LogP contribution in [0.1, 0.15) is 45.0 Å². The number of anilines is 4. The molecule has 8 aromatic heterocycles. The lowest BCUT2D eigenvalue weighted by Gasteiger charge is -2.05. The van der Waals surface area contributed by atoms with Crippen molar-refractivity contribution in [1.29, 1.82) is 0 Å². The molecule has 8 heterocycles. The summed E-state index contributed by atoms with van der Waals surface area (Å²) in [5, 5.41) is 2.85. The Kier molecular flexibility index (Phi) is 10.9. The maximum Gasteiger partial charge on any atom is 0.151 e. The summed E-state index contributed by atoms with van der Waals surface area (Å²) in [6.45, 7) is 15.7. The Balaban J connectivity index is 0.000000134. The van der Waals surface area contributed by atoms with Crippen LogP contribution >= 0.6 is 0 Å². The molecule has 8 N–H and O–H groups in total. The molecule has 14 heteroatoms. The van der Waals surface area contributed by atoms with E-state index in [1.54, 1.807) is 31.0 Å². The smallest absolute Gasteiger partial charge is 0.151 e. The highest BCUT2D eigenvalue weighted by Gasteiger charge is 2.09. The van der Waals surface area contributed by atoms with Gasteiger partial charge in [0.2, 0.25) is 0 Å². The van der Waals surface area contributed by atoms with E-state index >= 15 is 0 Å². The second-order valence-corrected chi connectivity index (χ2v) is 12.2.